The second-order valence-corrected chi connectivity index (χ2v) is 10.9. The number of carbonyl (C=O) groups is 2. The lowest BCUT2D eigenvalue weighted by Crippen LogP contribution is -2.54. The van der Waals surface area contributed by atoms with Gasteiger partial charge in [-0.15, -0.1) is 0 Å². The molecule has 1 aliphatic heterocycles. The van der Waals surface area contributed by atoms with Crippen molar-refractivity contribution >= 4 is 17.7 Å². The molecular formula is C32H34N2O4. The predicted octanol–water partition coefficient (Wildman–Crippen LogP) is 6.23. The molecule has 3 aromatic carbocycles. The normalized spacial score (nSPS) is 27.3. The number of benzene rings is 3. The molecule has 2 aliphatic carbocycles. The van der Waals surface area contributed by atoms with E-state index in [0.29, 0.717) is 18.8 Å². The molecule has 38 heavy (non-hydrogen) atoms. The standard InChI is InChI=1S/C32H34N2O4/c35-30(23-12-5-2-6-13-23)34-27-16-8-7-14-25(27)29(26-15-9-17-28(26)34)32(33-31(36)37)20-24(32)18-19-38-21-22-10-3-1-4-11-22/h1-8,10-14,16,24,26,28-29,33H,9,15,17-21H2,(H,36,37). The highest BCUT2D eigenvalue weighted by Gasteiger charge is 2.65. The van der Waals surface area contributed by atoms with Crippen LogP contribution in [0.4, 0.5) is 10.5 Å². The Balaban J connectivity index is 1.28. The molecule has 1 heterocycles. The number of fused-ring (bicyclic) bond motifs is 2. The van der Waals surface area contributed by atoms with Crippen LogP contribution in [0.3, 0.4) is 0 Å². The number of hydrogen-bond acceptors (Lipinski definition) is 3. The monoisotopic (exact) mass is 510 g/mol. The number of nitrogens with one attached hydrogen (secondary N) is 1. The summed E-state index contributed by atoms with van der Waals surface area (Å²) in [5.41, 5.74) is 3.29. The van der Waals surface area contributed by atoms with Crippen LogP contribution in [0.2, 0.25) is 0 Å². The Bertz CT molecular complexity index is 1300. The van der Waals surface area contributed by atoms with E-state index in [-0.39, 0.29) is 29.7 Å². The van der Waals surface area contributed by atoms with E-state index in [2.05, 4.69) is 23.5 Å². The van der Waals surface area contributed by atoms with Crippen molar-refractivity contribution in [3.8, 4) is 0 Å². The first-order chi connectivity index (χ1) is 18.6. The molecule has 2 N–H and O–H groups in total. The summed E-state index contributed by atoms with van der Waals surface area (Å²) in [4.78, 5) is 27.9. The van der Waals surface area contributed by atoms with Crippen LogP contribution in [0.15, 0.2) is 84.9 Å². The van der Waals surface area contributed by atoms with Crippen molar-refractivity contribution in [3.05, 3.63) is 102 Å². The third kappa shape index (κ3) is 4.47. The molecule has 3 aromatic rings. The molecule has 196 valence electrons. The molecular weight excluding hydrogens is 476 g/mol. The SMILES string of the molecule is O=C(O)NC1(C2c3ccccc3N(C(=O)c3ccccc3)C3CCCC32)CC1CCOCc1ccccc1. The number of para-hydroxylation sites is 1. The van der Waals surface area contributed by atoms with Gasteiger partial charge in [0.1, 0.15) is 0 Å². The zero-order valence-electron chi connectivity index (χ0n) is 21.5. The second kappa shape index (κ2) is 10.3. The molecule has 0 spiro atoms. The van der Waals surface area contributed by atoms with Crippen LogP contribution >= 0.6 is 0 Å². The number of carbonyl (C=O) groups excluding carboxylic acids is 1. The van der Waals surface area contributed by atoms with Gasteiger partial charge in [0.05, 0.1) is 12.1 Å². The highest BCUT2D eigenvalue weighted by Crippen LogP contribution is 2.63. The molecule has 3 aliphatic rings. The summed E-state index contributed by atoms with van der Waals surface area (Å²) in [6.45, 7) is 1.14. The molecule has 2 saturated carbocycles. The summed E-state index contributed by atoms with van der Waals surface area (Å²) in [7, 11) is 0. The van der Waals surface area contributed by atoms with Crippen LogP contribution in [0, 0.1) is 11.8 Å². The topological polar surface area (TPSA) is 78.9 Å². The first kappa shape index (κ1) is 24.7. The number of ether oxygens (including phenoxy) is 1. The molecule has 2 fully saturated rings. The van der Waals surface area contributed by atoms with Crippen LogP contribution in [-0.2, 0) is 11.3 Å². The third-order valence-electron chi connectivity index (χ3n) is 8.83. The van der Waals surface area contributed by atoms with E-state index in [4.69, 9.17) is 4.74 Å². The quantitative estimate of drug-likeness (QED) is 0.352. The van der Waals surface area contributed by atoms with Crippen molar-refractivity contribution in [2.45, 2.75) is 56.2 Å². The minimum absolute atomic E-state index is 0.0234. The minimum Gasteiger partial charge on any atom is -0.465 e. The summed E-state index contributed by atoms with van der Waals surface area (Å²) in [5.74, 6) is 0.459. The van der Waals surface area contributed by atoms with E-state index in [1.54, 1.807) is 0 Å². The Morgan fingerprint density at radius 1 is 0.947 bits per heavy atom. The Kier molecular flexibility index (Phi) is 6.66. The Morgan fingerprint density at radius 2 is 1.66 bits per heavy atom. The maximum Gasteiger partial charge on any atom is 0.405 e. The number of hydrogen-bond donors (Lipinski definition) is 2. The highest BCUT2D eigenvalue weighted by atomic mass is 16.5. The lowest BCUT2D eigenvalue weighted by Gasteiger charge is -2.47. The molecule has 2 amide bonds. The smallest absolute Gasteiger partial charge is 0.405 e. The Morgan fingerprint density at radius 3 is 2.42 bits per heavy atom. The van der Waals surface area contributed by atoms with Crippen molar-refractivity contribution in [1.29, 1.82) is 0 Å². The van der Waals surface area contributed by atoms with Gasteiger partial charge in [-0.1, -0.05) is 73.2 Å². The molecule has 5 unspecified atom stereocenters. The van der Waals surface area contributed by atoms with Crippen LogP contribution < -0.4 is 10.2 Å². The van der Waals surface area contributed by atoms with Gasteiger partial charge in [0, 0.05) is 29.8 Å². The van der Waals surface area contributed by atoms with E-state index in [9.17, 15) is 14.7 Å². The van der Waals surface area contributed by atoms with Gasteiger partial charge in [-0.25, -0.2) is 4.79 Å². The Hall–Kier alpha value is -3.64. The van der Waals surface area contributed by atoms with Gasteiger partial charge in [-0.05, 0) is 66.8 Å². The van der Waals surface area contributed by atoms with Gasteiger partial charge in [0.25, 0.3) is 5.91 Å². The number of rotatable bonds is 8. The maximum atomic E-state index is 13.8. The highest BCUT2D eigenvalue weighted by molar-refractivity contribution is 6.07. The van der Waals surface area contributed by atoms with Crippen LogP contribution in [-0.4, -0.2) is 35.3 Å². The van der Waals surface area contributed by atoms with Gasteiger partial charge >= 0.3 is 6.09 Å². The Labute approximate surface area is 223 Å². The summed E-state index contributed by atoms with van der Waals surface area (Å²) < 4.78 is 5.98. The zero-order valence-corrected chi connectivity index (χ0v) is 21.5. The number of carboxylic acid groups (broad SMARTS) is 1. The van der Waals surface area contributed by atoms with Gasteiger partial charge in [0.2, 0.25) is 0 Å². The fourth-order valence-corrected chi connectivity index (χ4v) is 7.21. The van der Waals surface area contributed by atoms with Gasteiger partial charge in [0.15, 0.2) is 0 Å². The fraction of sp³-hybridized carbons (Fsp3) is 0.375. The lowest BCUT2D eigenvalue weighted by atomic mass is 9.71. The van der Waals surface area contributed by atoms with Gasteiger partial charge < -0.3 is 20.1 Å². The maximum absolute atomic E-state index is 13.8. The van der Waals surface area contributed by atoms with E-state index < -0.39 is 11.6 Å². The van der Waals surface area contributed by atoms with Crippen LogP contribution in [0.1, 0.15) is 59.5 Å². The summed E-state index contributed by atoms with van der Waals surface area (Å²) in [6.07, 6.45) is 3.57. The summed E-state index contributed by atoms with van der Waals surface area (Å²) in [6, 6.07) is 27.8. The largest absolute Gasteiger partial charge is 0.465 e. The number of nitrogens with zero attached hydrogens (tertiary/aromatic N) is 1. The van der Waals surface area contributed by atoms with E-state index in [1.165, 1.54) is 0 Å². The molecule has 0 bridgehead atoms. The van der Waals surface area contributed by atoms with Crippen LogP contribution in [0.5, 0.6) is 0 Å². The van der Waals surface area contributed by atoms with Gasteiger partial charge in [-0.2, -0.15) is 0 Å². The fourth-order valence-electron chi connectivity index (χ4n) is 7.21. The molecule has 5 atom stereocenters. The zero-order chi connectivity index (χ0) is 26.1. The van der Waals surface area contributed by atoms with E-state index in [0.717, 1.165) is 48.9 Å². The number of anilines is 1. The number of amides is 2. The average Bonchev–Trinajstić information content (AvgIpc) is 3.39. The van der Waals surface area contributed by atoms with Crippen molar-refractivity contribution in [2.75, 3.05) is 11.5 Å². The minimum atomic E-state index is -0.979. The van der Waals surface area contributed by atoms with Crippen LogP contribution in [0.25, 0.3) is 0 Å². The third-order valence-corrected chi connectivity index (χ3v) is 8.83. The summed E-state index contributed by atoms with van der Waals surface area (Å²) >= 11 is 0. The van der Waals surface area contributed by atoms with E-state index in [1.807, 2.05) is 71.6 Å². The van der Waals surface area contributed by atoms with Crippen molar-refractivity contribution in [1.82, 2.24) is 5.32 Å². The molecule has 0 radical (unpaired) electrons. The molecule has 6 heteroatoms. The second-order valence-electron chi connectivity index (χ2n) is 10.9. The molecule has 0 saturated heterocycles. The van der Waals surface area contributed by atoms with Crippen molar-refractivity contribution < 1.29 is 19.4 Å². The lowest BCUT2D eigenvalue weighted by molar-refractivity contribution is 0.0953. The molecule has 6 rings (SSSR count). The van der Waals surface area contributed by atoms with E-state index >= 15 is 0 Å². The first-order valence-electron chi connectivity index (χ1n) is 13.7. The van der Waals surface area contributed by atoms with Crippen molar-refractivity contribution in [2.24, 2.45) is 11.8 Å². The van der Waals surface area contributed by atoms with Gasteiger partial charge in [-0.3, -0.25) is 4.79 Å². The molecule has 0 aromatic heterocycles. The molecule has 6 nitrogen and oxygen atoms in total. The van der Waals surface area contributed by atoms with Crippen molar-refractivity contribution in [3.63, 3.8) is 0 Å². The summed E-state index contributed by atoms with van der Waals surface area (Å²) in [5, 5.41) is 12.9. The first-order valence-corrected chi connectivity index (χ1v) is 13.7. The average molecular weight is 511 g/mol. The predicted molar refractivity (Wildman–Crippen MR) is 146 cm³/mol.